The number of nitrogens with zero attached hydrogens (tertiary/aromatic N) is 14. The van der Waals surface area contributed by atoms with E-state index in [1.807, 2.05) is 0 Å². The number of carbonyl (C=O) groups is 4. The maximum absolute atomic E-state index is 12.4. The number of methoxy groups -OCH3 is 8. The lowest BCUT2D eigenvalue weighted by molar-refractivity contribution is -0.921. The highest BCUT2D eigenvalue weighted by molar-refractivity contribution is 6.63. The summed E-state index contributed by atoms with van der Waals surface area (Å²) in [6.45, 7) is 28.4. The summed E-state index contributed by atoms with van der Waals surface area (Å²) in [5.74, 6) is -8.84. The molecule has 4 aromatic heterocycles. The van der Waals surface area contributed by atoms with Crippen molar-refractivity contribution < 1.29 is 158 Å². The number of aromatic nitrogens is 12. The number of hydrogen-bond donors (Lipinski definition) is 4. The minimum atomic E-state index is -0.816. The summed E-state index contributed by atoms with van der Waals surface area (Å²) >= 11 is 14.4. The van der Waals surface area contributed by atoms with E-state index in [1.165, 1.54) is 89.8 Å². The van der Waals surface area contributed by atoms with Crippen molar-refractivity contribution in [2.45, 2.75) is 59.7 Å². The lowest BCUT2D eigenvalue weighted by Gasteiger charge is -2.34. The topological polar surface area (TPSA) is 452 Å². The molecule has 10 rings (SSSR count). The van der Waals surface area contributed by atoms with E-state index in [1.54, 1.807) is 0 Å². The smallest absolute Gasteiger partial charge is 0.338 e. The Kier molecular flexibility index (Phi) is 34.9. The Labute approximate surface area is 654 Å². The van der Waals surface area contributed by atoms with Gasteiger partial charge in [0.25, 0.3) is 0 Å². The monoisotopic (exact) mass is 1700 g/mol. The molecule has 2 aliphatic heterocycles. The lowest BCUT2D eigenvalue weighted by Crippen LogP contribution is -3.00. The maximum atomic E-state index is 12.4. The van der Waals surface area contributed by atoms with Gasteiger partial charge < -0.3 is 139 Å². The Morgan fingerprint density at radius 3 is 0.528 bits per heavy atom. The molecule has 4 N–H and O–H groups in total. The molecule has 43 heteroatoms. The second-order valence-electron chi connectivity index (χ2n) is 21.1. The molecule has 0 saturated heterocycles. The average Bonchev–Trinajstić information content (AvgIpc) is 0.792. The van der Waals surface area contributed by atoms with Crippen molar-refractivity contribution in [3.8, 4) is 141 Å². The van der Waals surface area contributed by atoms with Gasteiger partial charge in [-0.25, -0.2) is 19.2 Å². The standard InChI is InChI=1S/2C24H18N6O12.2C8H20N.CHCl3.2BrH/c2*1-35-17(33)9-5-11-15(31)12(6-9)40-22-26-20(38-4)28-24(30-22)42-14-8-10(18(34)36-2)7-13(16(14)32)41-23-27-19(37-3)25-21(29-23)39-11;2*1-5-9(6-2,7-3)8-4;2-1(3)4;;/h2*5-8,31-32H,1-4H3;2*5-8H2,1-4H3;1H;2*1H/q;;2*+1;;;/p-2. The zero-order valence-electron chi connectivity index (χ0n) is 61.0. The maximum Gasteiger partial charge on any atom is 0.338 e. The van der Waals surface area contributed by atoms with Gasteiger partial charge in [-0.3, -0.25) is 0 Å². The molecule has 108 heavy (non-hydrogen) atoms. The van der Waals surface area contributed by atoms with Crippen LogP contribution >= 0.6 is 34.8 Å². The molecule has 2 aliphatic rings. The van der Waals surface area contributed by atoms with Gasteiger partial charge in [-0.05, 0) is 104 Å². The quantitative estimate of drug-likeness (QED) is 0.0435. The van der Waals surface area contributed by atoms with Gasteiger partial charge in [0.05, 0.1) is 131 Å². The van der Waals surface area contributed by atoms with E-state index in [0.717, 1.165) is 77.0 Å². The van der Waals surface area contributed by atoms with Crippen molar-refractivity contribution in [1.29, 1.82) is 0 Å². The molecular weight excluding hydrogens is 1630 g/mol. The molecule has 0 saturated carbocycles. The number of ether oxygens (including phenoxy) is 16. The third-order valence-corrected chi connectivity index (χ3v) is 15.8. The van der Waals surface area contributed by atoms with Crippen LogP contribution in [0.3, 0.4) is 0 Å². The van der Waals surface area contributed by atoms with Crippen LogP contribution in [-0.4, -0.2) is 227 Å². The number of quaternary nitrogens is 2. The molecule has 16 bridgehead atoms. The van der Waals surface area contributed by atoms with Gasteiger partial charge in [0, 0.05) is 0 Å². The number of alkyl halides is 3. The van der Waals surface area contributed by atoms with Crippen molar-refractivity contribution in [3.05, 3.63) is 70.8 Å². The number of benzene rings is 4. The van der Waals surface area contributed by atoms with Crippen LogP contribution in [0, 0.1) is 0 Å². The summed E-state index contributed by atoms with van der Waals surface area (Å²) in [5, 5.41) is 43.8. The first-order chi connectivity index (χ1) is 50.6. The summed E-state index contributed by atoms with van der Waals surface area (Å²) in [6, 6.07) is 3.80. The molecule has 0 atom stereocenters. The van der Waals surface area contributed by atoms with E-state index in [4.69, 9.17) is 111 Å². The summed E-state index contributed by atoms with van der Waals surface area (Å²) in [6.07, 6.45) is 0. The number of rotatable bonds is 16. The molecule has 0 amide bonds. The van der Waals surface area contributed by atoms with Gasteiger partial charge in [-0.2, -0.15) is 0 Å². The minimum Gasteiger partial charge on any atom is -1.00 e. The second-order valence-corrected chi connectivity index (χ2v) is 23.1. The molecule has 38 nitrogen and oxygen atoms in total. The Bertz CT molecular complexity index is 3670. The highest BCUT2D eigenvalue weighted by atomic mass is 79.9. The molecule has 8 aromatic rings. The summed E-state index contributed by atoms with van der Waals surface area (Å²) in [4.78, 5) is 97.0. The van der Waals surface area contributed by atoms with Crippen LogP contribution in [0.2, 0.25) is 0 Å². The highest BCUT2D eigenvalue weighted by Crippen LogP contribution is 2.47. The number of carbonyl (C=O) groups excluding carboxylic acids is 4. The van der Waals surface area contributed by atoms with Crippen LogP contribution in [-0.2, 0) is 18.9 Å². The summed E-state index contributed by atoms with van der Waals surface area (Å²) in [7, 11) is 9.55. The molecule has 0 spiro atoms. The van der Waals surface area contributed by atoms with Crippen LogP contribution in [0.5, 0.6) is 141 Å². The first-order valence-electron chi connectivity index (χ1n) is 31.7. The van der Waals surface area contributed by atoms with Gasteiger partial charge >= 0.3 is 96.0 Å². The minimum absolute atomic E-state index is 0. The fourth-order valence-corrected chi connectivity index (χ4v) is 9.38. The van der Waals surface area contributed by atoms with Crippen LogP contribution in [0.1, 0.15) is 96.8 Å². The Balaban J connectivity index is 0.000000352. The molecule has 0 fully saturated rings. The summed E-state index contributed by atoms with van der Waals surface area (Å²) < 4.78 is 86.3. The number of aromatic hydroxyl groups is 4. The van der Waals surface area contributed by atoms with Gasteiger partial charge in [0.2, 0.25) is 23.0 Å². The van der Waals surface area contributed by atoms with Crippen molar-refractivity contribution >= 4 is 58.7 Å². The predicted octanol–water partition coefficient (Wildman–Crippen LogP) is 4.84. The zero-order chi connectivity index (χ0) is 78.2. The fraction of sp³-hybridized carbons (Fsp3) is 0.385. The Hall–Kier alpha value is -10.7. The van der Waals surface area contributed by atoms with Crippen LogP contribution < -0.4 is 90.8 Å². The summed E-state index contributed by atoms with van der Waals surface area (Å²) in [5.41, 5.74) is -0.475. The number of hydrogen-bond acceptors (Lipinski definition) is 36. The normalized spacial score (nSPS) is 11.3. The highest BCUT2D eigenvalue weighted by Gasteiger charge is 2.29. The third kappa shape index (κ3) is 23.7. The van der Waals surface area contributed by atoms with Crippen molar-refractivity contribution in [2.24, 2.45) is 0 Å². The van der Waals surface area contributed by atoms with Crippen LogP contribution in [0.25, 0.3) is 0 Å². The first-order valence-corrected chi connectivity index (χ1v) is 33.0. The van der Waals surface area contributed by atoms with E-state index in [9.17, 15) is 39.6 Å². The van der Waals surface area contributed by atoms with Crippen LogP contribution in [0.15, 0.2) is 48.5 Å². The van der Waals surface area contributed by atoms with Crippen LogP contribution in [0.4, 0.5) is 0 Å². The van der Waals surface area contributed by atoms with E-state index in [2.05, 4.69) is 115 Å². The van der Waals surface area contributed by atoms with Crippen molar-refractivity contribution in [1.82, 2.24) is 59.8 Å². The van der Waals surface area contributed by atoms with E-state index in [-0.39, 0.29) is 126 Å². The first kappa shape index (κ1) is 89.7. The average molecular weight is 1700 g/mol. The second kappa shape index (κ2) is 42.0. The SMILES string of the molecule is CC[N+](CC)(CC)CC.CC[N+](CC)(CC)CC.COC(=O)c1cc2c(O)c(c1)Oc1nc(OC)nc(n1)Oc1cc(C(=O)OC)cc(c1O)Oc1nc(OC)nc(n1)O2.COC(=O)c1cc2c(O)c(c1)Oc1nc(OC)nc(n1)Oc1cc(C(=O)OC)cc(c1O)Oc1nc(OC)nc(n1)O2.ClC(Cl)Cl.[Br-].[Br-]. The Morgan fingerprint density at radius 2 is 0.435 bits per heavy atom. The van der Waals surface area contributed by atoms with Gasteiger partial charge in [-0.1, -0.05) is 34.8 Å². The number of phenols is 4. The number of halogens is 5. The molecule has 4 aromatic carbocycles. The van der Waals surface area contributed by atoms with Gasteiger partial charge in [0.1, 0.15) is 0 Å². The number of phenolic OH excluding ortho intramolecular Hbond substituents is 4. The molecule has 0 aliphatic carbocycles. The van der Waals surface area contributed by atoms with Crippen molar-refractivity contribution in [3.63, 3.8) is 0 Å². The van der Waals surface area contributed by atoms with Gasteiger partial charge in [0.15, 0.2) is 50.3 Å². The largest absolute Gasteiger partial charge is 1.00 e. The third-order valence-electron chi connectivity index (χ3n) is 15.8. The van der Waals surface area contributed by atoms with E-state index >= 15 is 0 Å². The molecule has 0 unspecified atom stereocenters. The Morgan fingerprint density at radius 1 is 0.306 bits per heavy atom. The van der Waals surface area contributed by atoms with Crippen molar-refractivity contribution in [2.75, 3.05) is 109 Å². The fourth-order valence-electron chi connectivity index (χ4n) is 9.38. The molecule has 0 radical (unpaired) electrons. The molecule has 586 valence electrons. The van der Waals surface area contributed by atoms with Gasteiger partial charge in [-0.15, -0.1) is 59.8 Å². The number of fused-ring (bicyclic) bond motifs is 16. The predicted molar refractivity (Wildman–Crippen MR) is 370 cm³/mol. The zero-order valence-corrected chi connectivity index (χ0v) is 66.4. The molecular formula is C65H77Br2Cl3N14O24. The number of esters is 4. The van der Waals surface area contributed by atoms with E-state index in [0.29, 0.717) is 0 Å². The van der Waals surface area contributed by atoms with E-state index < -0.39 is 99.3 Å². The molecule has 6 heterocycles. The lowest BCUT2D eigenvalue weighted by atomic mass is 10.2.